The van der Waals surface area contributed by atoms with E-state index < -0.39 is 0 Å². The second-order valence-corrected chi connectivity index (χ2v) is 6.69. The highest BCUT2D eigenvalue weighted by atomic mass is 16.5. The maximum Gasteiger partial charge on any atom is 0.211 e. The molecule has 0 aliphatic carbocycles. The van der Waals surface area contributed by atoms with Crippen molar-refractivity contribution in [1.29, 1.82) is 0 Å². The standard InChI is InChI=1S/C22H29N3O2/c1-6-20-15(2)7-9-19(17(4)25-20)14-27-16(3)8-10-21(23-5)18-11-12-24-22(26)13-18/h8,10-13,15H,3,6-7,9,14H2,1-2,4-5H3,(H,24,26)/b10-8-,23-21+. The minimum Gasteiger partial charge on any atom is -0.493 e. The predicted molar refractivity (Wildman–Crippen MR) is 111 cm³/mol. The van der Waals surface area contributed by atoms with E-state index in [2.05, 4.69) is 37.3 Å². The number of aromatic hydroxyl groups is 1. The molecule has 0 spiro atoms. The van der Waals surface area contributed by atoms with E-state index in [1.54, 1.807) is 31.5 Å². The number of rotatable bonds is 7. The summed E-state index contributed by atoms with van der Waals surface area (Å²) in [4.78, 5) is 12.8. The van der Waals surface area contributed by atoms with Gasteiger partial charge < -0.3 is 9.84 Å². The summed E-state index contributed by atoms with van der Waals surface area (Å²) >= 11 is 0. The summed E-state index contributed by atoms with van der Waals surface area (Å²) in [6.45, 7) is 10.9. The van der Waals surface area contributed by atoms with E-state index in [9.17, 15) is 5.11 Å². The molecule has 0 amide bonds. The Labute approximate surface area is 161 Å². The third kappa shape index (κ3) is 5.91. The molecule has 0 radical (unpaired) electrons. The maximum atomic E-state index is 9.52. The van der Waals surface area contributed by atoms with Crippen LogP contribution < -0.4 is 0 Å². The molecule has 1 N–H and O–H groups in total. The van der Waals surface area contributed by atoms with Gasteiger partial charge in [0.15, 0.2) is 0 Å². The van der Waals surface area contributed by atoms with Crippen molar-refractivity contribution in [2.24, 2.45) is 15.9 Å². The van der Waals surface area contributed by atoms with E-state index in [0.29, 0.717) is 24.0 Å². The first-order valence-electron chi connectivity index (χ1n) is 9.32. The van der Waals surface area contributed by atoms with Gasteiger partial charge in [-0.2, -0.15) is 0 Å². The van der Waals surface area contributed by atoms with Gasteiger partial charge in [0, 0.05) is 36.3 Å². The molecule has 5 heteroatoms. The Morgan fingerprint density at radius 1 is 1.44 bits per heavy atom. The van der Waals surface area contributed by atoms with Crippen molar-refractivity contribution < 1.29 is 9.84 Å². The molecular weight excluding hydrogens is 338 g/mol. The van der Waals surface area contributed by atoms with Crippen LogP contribution in [0.4, 0.5) is 0 Å². The van der Waals surface area contributed by atoms with Gasteiger partial charge in [0.1, 0.15) is 12.4 Å². The lowest BCUT2D eigenvalue weighted by Gasteiger charge is -2.11. The Bertz CT molecular complexity index is 804. The Morgan fingerprint density at radius 2 is 2.22 bits per heavy atom. The molecule has 27 heavy (non-hydrogen) atoms. The van der Waals surface area contributed by atoms with Gasteiger partial charge in [-0.25, -0.2) is 4.98 Å². The average molecular weight is 367 g/mol. The van der Waals surface area contributed by atoms with Gasteiger partial charge in [0.25, 0.3) is 0 Å². The van der Waals surface area contributed by atoms with Crippen LogP contribution in [-0.4, -0.2) is 35.2 Å². The molecule has 1 aliphatic rings. The van der Waals surface area contributed by atoms with E-state index in [1.165, 1.54) is 11.3 Å². The molecule has 0 bridgehead atoms. The monoisotopic (exact) mass is 367 g/mol. The molecule has 2 heterocycles. The van der Waals surface area contributed by atoms with Gasteiger partial charge in [-0.05, 0) is 55.9 Å². The summed E-state index contributed by atoms with van der Waals surface area (Å²) in [6.07, 6.45) is 8.24. The first kappa shape index (κ1) is 20.6. The van der Waals surface area contributed by atoms with Crippen LogP contribution in [0.1, 0.15) is 45.6 Å². The predicted octanol–water partition coefficient (Wildman–Crippen LogP) is 4.85. The third-order valence-corrected chi connectivity index (χ3v) is 4.77. The van der Waals surface area contributed by atoms with Crippen LogP contribution in [0.2, 0.25) is 0 Å². The molecule has 1 unspecified atom stereocenters. The molecule has 1 aromatic heterocycles. The second kappa shape index (κ2) is 9.86. The van der Waals surface area contributed by atoms with Crippen molar-refractivity contribution in [3.05, 3.63) is 59.7 Å². The molecule has 0 fully saturated rings. The van der Waals surface area contributed by atoms with Crippen molar-refractivity contribution in [3.63, 3.8) is 0 Å². The lowest BCUT2D eigenvalue weighted by molar-refractivity contribution is 0.250. The number of ether oxygens (including phenoxy) is 1. The summed E-state index contributed by atoms with van der Waals surface area (Å²) in [5.41, 5.74) is 5.06. The highest BCUT2D eigenvalue weighted by Crippen LogP contribution is 2.24. The van der Waals surface area contributed by atoms with Crippen LogP contribution >= 0.6 is 0 Å². The molecule has 144 valence electrons. The number of nitrogens with zero attached hydrogens (tertiary/aromatic N) is 3. The fourth-order valence-electron chi connectivity index (χ4n) is 3.02. The number of aliphatic imine (C=N–C) groups is 2. The number of hydrogen-bond acceptors (Lipinski definition) is 5. The van der Waals surface area contributed by atoms with Gasteiger partial charge in [-0.3, -0.25) is 9.98 Å². The number of pyridine rings is 1. The highest BCUT2D eigenvalue weighted by molar-refractivity contribution is 6.08. The summed E-state index contributed by atoms with van der Waals surface area (Å²) in [5.74, 6) is 1.05. The summed E-state index contributed by atoms with van der Waals surface area (Å²) in [7, 11) is 1.70. The van der Waals surface area contributed by atoms with Crippen LogP contribution in [-0.2, 0) is 4.74 Å². The van der Waals surface area contributed by atoms with E-state index >= 15 is 0 Å². The lowest BCUT2D eigenvalue weighted by Crippen LogP contribution is -2.08. The van der Waals surface area contributed by atoms with Gasteiger partial charge >= 0.3 is 0 Å². The minimum absolute atomic E-state index is 0.0332. The fourth-order valence-corrected chi connectivity index (χ4v) is 3.02. The number of hydrogen-bond donors (Lipinski definition) is 1. The second-order valence-electron chi connectivity index (χ2n) is 6.69. The molecule has 1 aromatic rings. The van der Waals surface area contributed by atoms with Crippen LogP contribution in [0, 0.1) is 5.92 Å². The molecule has 0 aromatic carbocycles. The van der Waals surface area contributed by atoms with Crippen LogP contribution in [0.25, 0.3) is 0 Å². The van der Waals surface area contributed by atoms with Crippen LogP contribution in [0.5, 0.6) is 5.88 Å². The molecule has 0 saturated carbocycles. The number of aromatic nitrogens is 1. The molecular formula is C22H29N3O2. The topological polar surface area (TPSA) is 67.1 Å². The van der Waals surface area contributed by atoms with E-state index in [0.717, 1.165) is 30.5 Å². The molecule has 0 saturated heterocycles. The minimum atomic E-state index is -0.0332. The summed E-state index contributed by atoms with van der Waals surface area (Å²) < 4.78 is 5.84. The van der Waals surface area contributed by atoms with Crippen molar-refractivity contribution in [2.75, 3.05) is 13.7 Å². The van der Waals surface area contributed by atoms with E-state index in [-0.39, 0.29) is 5.88 Å². The zero-order valence-corrected chi connectivity index (χ0v) is 16.7. The van der Waals surface area contributed by atoms with Gasteiger partial charge in [-0.15, -0.1) is 0 Å². The zero-order valence-electron chi connectivity index (χ0n) is 16.7. The summed E-state index contributed by atoms with van der Waals surface area (Å²) in [6, 6.07) is 3.36. The molecule has 1 aliphatic heterocycles. The van der Waals surface area contributed by atoms with Crippen LogP contribution in [0.15, 0.2) is 64.1 Å². The van der Waals surface area contributed by atoms with Crippen molar-refractivity contribution >= 4 is 11.4 Å². The van der Waals surface area contributed by atoms with Gasteiger partial charge in [-0.1, -0.05) is 20.4 Å². The Hall–Kier alpha value is -2.69. The smallest absolute Gasteiger partial charge is 0.211 e. The van der Waals surface area contributed by atoms with E-state index in [1.807, 2.05) is 6.08 Å². The average Bonchev–Trinajstić information content (AvgIpc) is 2.79. The van der Waals surface area contributed by atoms with Crippen molar-refractivity contribution in [3.8, 4) is 5.88 Å². The van der Waals surface area contributed by atoms with Crippen LogP contribution in [0.3, 0.4) is 0 Å². The first-order valence-corrected chi connectivity index (χ1v) is 9.32. The highest BCUT2D eigenvalue weighted by Gasteiger charge is 2.16. The first-order chi connectivity index (χ1) is 12.9. The Balaban J connectivity index is 1.99. The largest absolute Gasteiger partial charge is 0.493 e. The Morgan fingerprint density at radius 3 is 2.89 bits per heavy atom. The summed E-state index contributed by atoms with van der Waals surface area (Å²) in [5, 5.41) is 9.52. The number of allylic oxidation sites excluding steroid dienone is 3. The lowest BCUT2D eigenvalue weighted by atomic mass is 9.97. The quantitative estimate of drug-likeness (QED) is 0.426. The van der Waals surface area contributed by atoms with E-state index in [4.69, 9.17) is 9.73 Å². The van der Waals surface area contributed by atoms with Gasteiger partial charge in [0.2, 0.25) is 5.88 Å². The SMILES string of the molecule is C=C(/C=C\C(=N/C)c1ccnc(O)c1)OCC1=C(C)N=C(CC)C(C)CC1. The third-order valence-electron chi connectivity index (χ3n) is 4.77. The molecule has 1 atom stereocenters. The normalized spacial score (nSPS) is 18.4. The fraction of sp³-hybridized carbons (Fsp3) is 0.409. The van der Waals surface area contributed by atoms with Gasteiger partial charge in [0.05, 0.1) is 5.71 Å². The van der Waals surface area contributed by atoms with Crippen molar-refractivity contribution in [1.82, 2.24) is 4.98 Å². The molecule has 5 nitrogen and oxygen atoms in total. The molecule has 2 rings (SSSR count). The zero-order chi connectivity index (χ0) is 19.8. The maximum absolute atomic E-state index is 9.52. The van der Waals surface area contributed by atoms with Crippen molar-refractivity contribution in [2.45, 2.75) is 40.0 Å². The Kier molecular flexibility index (Phi) is 7.53.